The third-order valence-electron chi connectivity index (χ3n) is 4.96. The second-order valence-electron chi connectivity index (χ2n) is 7.56. The molecule has 0 fully saturated rings. The molecule has 0 saturated carbocycles. The van der Waals surface area contributed by atoms with E-state index < -0.39 is 5.54 Å². The standard InChI is InChI=1S/C19H29N7O/c1-19(2)16-15(12-26(19)18(27)21-9-10-25(4)5)17(24-23-16)22-14-8-6-7-13(11-14)20-3/h6-8,11,20H,9-10,12H2,1-5H3,(H,21,27)(H2,22,23,24). The summed E-state index contributed by atoms with van der Waals surface area (Å²) >= 11 is 0. The van der Waals surface area contributed by atoms with Crippen LogP contribution in [-0.2, 0) is 12.1 Å². The van der Waals surface area contributed by atoms with Crippen LogP contribution in [0.2, 0.25) is 0 Å². The third kappa shape index (κ3) is 3.85. The first-order chi connectivity index (χ1) is 12.8. The van der Waals surface area contributed by atoms with Gasteiger partial charge in [0.15, 0.2) is 5.82 Å². The number of H-pyrrole nitrogens is 1. The molecule has 2 amide bonds. The van der Waals surface area contributed by atoms with Gasteiger partial charge in [0.05, 0.1) is 17.8 Å². The Hall–Kier alpha value is -2.74. The van der Waals surface area contributed by atoms with Crippen molar-refractivity contribution in [2.45, 2.75) is 25.9 Å². The Bertz CT molecular complexity index is 812. The van der Waals surface area contributed by atoms with Crippen LogP contribution in [0, 0.1) is 0 Å². The number of likely N-dealkylation sites (N-methyl/N-ethyl adjacent to an activating group) is 1. The number of hydrogen-bond donors (Lipinski definition) is 4. The molecule has 1 aromatic heterocycles. The smallest absolute Gasteiger partial charge is 0.318 e. The predicted molar refractivity (Wildman–Crippen MR) is 108 cm³/mol. The fourth-order valence-electron chi connectivity index (χ4n) is 3.32. The van der Waals surface area contributed by atoms with E-state index in [1.54, 1.807) is 0 Å². The average Bonchev–Trinajstić information content (AvgIpc) is 3.13. The van der Waals surface area contributed by atoms with Gasteiger partial charge in [0.2, 0.25) is 0 Å². The highest BCUT2D eigenvalue weighted by atomic mass is 16.2. The van der Waals surface area contributed by atoms with Crippen LogP contribution in [0.4, 0.5) is 22.0 Å². The zero-order valence-corrected chi connectivity index (χ0v) is 16.7. The molecule has 0 spiro atoms. The monoisotopic (exact) mass is 371 g/mol. The minimum Gasteiger partial charge on any atom is -0.388 e. The van der Waals surface area contributed by atoms with E-state index in [0.717, 1.165) is 35.0 Å². The summed E-state index contributed by atoms with van der Waals surface area (Å²) in [5.41, 5.74) is 3.52. The van der Waals surface area contributed by atoms with Gasteiger partial charge in [-0.15, -0.1) is 0 Å². The molecule has 27 heavy (non-hydrogen) atoms. The van der Waals surface area contributed by atoms with E-state index in [1.165, 1.54) is 0 Å². The molecule has 2 heterocycles. The lowest BCUT2D eigenvalue weighted by Gasteiger charge is -2.32. The van der Waals surface area contributed by atoms with Crippen LogP contribution in [0.15, 0.2) is 24.3 Å². The van der Waals surface area contributed by atoms with Crippen LogP contribution in [0.3, 0.4) is 0 Å². The first kappa shape index (κ1) is 19.0. The molecule has 0 saturated heterocycles. The summed E-state index contributed by atoms with van der Waals surface area (Å²) in [6, 6.07) is 7.94. The lowest BCUT2D eigenvalue weighted by molar-refractivity contribution is 0.142. The van der Waals surface area contributed by atoms with Crippen molar-refractivity contribution < 1.29 is 4.79 Å². The Labute approximate surface area is 160 Å². The van der Waals surface area contributed by atoms with E-state index in [2.05, 4.69) is 26.1 Å². The first-order valence-electron chi connectivity index (χ1n) is 9.15. The summed E-state index contributed by atoms with van der Waals surface area (Å²) in [7, 11) is 5.87. The number of benzene rings is 1. The molecule has 0 bridgehead atoms. The molecule has 1 aliphatic heterocycles. The fraction of sp³-hybridized carbons (Fsp3) is 0.474. The number of fused-ring (bicyclic) bond motifs is 1. The van der Waals surface area contributed by atoms with Gasteiger partial charge < -0.3 is 25.8 Å². The van der Waals surface area contributed by atoms with E-state index in [1.807, 2.05) is 69.1 Å². The molecule has 3 rings (SSSR count). The van der Waals surface area contributed by atoms with Crippen LogP contribution in [0.5, 0.6) is 0 Å². The number of anilines is 3. The fourth-order valence-corrected chi connectivity index (χ4v) is 3.32. The second kappa shape index (κ2) is 7.48. The zero-order chi connectivity index (χ0) is 19.6. The lowest BCUT2D eigenvalue weighted by atomic mass is 10.0. The molecule has 0 aliphatic carbocycles. The van der Waals surface area contributed by atoms with Crippen molar-refractivity contribution in [3.8, 4) is 0 Å². The Morgan fingerprint density at radius 1 is 1.33 bits per heavy atom. The molecule has 8 heteroatoms. The minimum atomic E-state index is -0.447. The number of amides is 2. The molecule has 1 aliphatic rings. The Morgan fingerprint density at radius 3 is 2.78 bits per heavy atom. The molecule has 4 N–H and O–H groups in total. The molecule has 2 aromatic rings. The Morgan fingerprint density at radius 2 is 2.07 bits per heavy atom. The highest BCUT2D eigenvalue weighted by Crippen LogP contribution is 2.41. The number of carbonyl (C=O) groups excluding carboxylic acids is 1. The summed E-state index contributed by atoms with van der Waals surface area (Å²) in [6.07, 6.45) is 0. The highest BCUT2D eigenvalue weighted by Gasteiger charge is 2.43. The van der Waals surface area contributed by atoms with Crippen molar-refractivity contribution in [2.24, 2.45) is 0 Å². The maximum atomic E-state index is 12.7. The summed E-state index contributed by atoms with van der Waals surface area (Å²) in [5, 5.41) is 17.1. The highest BCUT2D eigenvalue weighted by molar-refractivity contribution is 5.77. The summed E-state index contributed by atoms with van der Waals surface area (Å²) < 4.78 is 0. The van der Waals surface area contributed by atoms with Gasteiger partial charge in [-0.1, -0.05) is 6.07 Å². The quantitative estimate of drug-likeness (QED) is 0.627. The van der Waals surface area contributed by atoms with Crippen molar-refractivity contribution in [1.82, 2.24) is 25.3 Å². The van der Waals surface area contributed by atoms with Crippen LogP contribution >= 0.6 is 0 Å². The van der Waals surface area contributed by atoms with Gasteiger partial charge in [-0.2, -0.15) is 5.10 Å². The van der Waals surface area contributed by atoms with Gasteiger partial charge in [0, 0.05) is 37.1 Å². The molecular formula is C19H29N7O. The maximum absolute atomic E-state index is 12.7. The van der Waals surface area contributed by atoms with Crippen molar-refractivity contribution >= 4 is 23.2 Å². The van der Waals surface area contributed by atoms with Gasteiger partial charge in [-0.05, 0) is 46.1 Å². The zero-order valence-electron chi connectivity index (χ0n) is 16.7. The van der Waals surface area contributed by atoms with E-state index in [0.29, 0.717) is 13.1 Å². The number of rotatable bonds is 6. The molecule has 0 unspecified atom stereocenters. The molecule has 0 atom stereocenters. The minimum absolute atomic E-state index is 0.0606. The van der Waals surface area contributed by atoms with E-state index in [9.17, 15) is 4.79 Å². The molecular weight excluding hydrogens is 342 g/mol. The molecule has 146 valence electrons. The number of urea groups is 1. The maximum Gasteiger partial charge on any atom is 0.318 e. The normalized spacial score (nSPS) is 15.0. The number of carbonyl (C=O) groups is 1. The number of nitrogens with zero attached hydrogens (tertiary/aromatic N) is 3. The number of aromatic nitrogens is 2. The SMILES string of the molecule is CNc1cccc(Nc2n[nH]c3c2CN(C(=O)NCCN(C)C)C3(C)C)c1. The van der Waals surface area contributed by atoms with E-state index in [4.69, 9.17) is 0 Å². The number of aromatic amines is 1. The predicted octanol–water partition coefficient (Wildman–Crippen LogP) is 2.52. The summed E-state index contributed by atoms with van der Waals surface area (Å²) in [4.78, 5) is 16.6. The van der Waals surface area contributed by atoms with Crippen molar-refractivity contribution in [3.05, 3.63) is 35.5 Å². The van der Waals surface area contributed by atoms with E-state index in [-0.39, 0.29) is 6.03 Å². The molecule has 0 radical (unpaired) electrons. The van der Waals surface area contributed by atoms with Crippen LogP contribution < -0.4 is 16.0 Å². The number of hydrogen-bond acceptors (Lipinski definition) is 5. The lowest BCUT2D eigenvalue weighted by Crippen LogP contribution is -2.47. The van der Waals surface area contributed by atoms with Gasteiger partial charge in [-0.3, -0.25) is 5.10 Å². The largest absolute Gasteiger partial charge is 0.388 e. The van der Waals surface area contributed by atoms with Crippen LogP contribution in [0.1, 0.15) is 25.1 Å². The number of nitrogens with one attached hydrogen (secondary N) is 4. The summed E-state index contributed by atoms with van der Waals surface area (Å²) in [6.45, 7) is 6.01. The van der Waals surface area contributed by atoms with Gasteiger partial charge in [-0.25, -0.2) is 4.79 Å². The van der Waals surface area contributed by atoms with Crippen LogP contribution in [0.25, 0.3) is 0 Å². The Kier molecular flexibility index (Phi) is 5.27. The molecule has 1 aromatic carbocycles. The molecule has 8 nitrogen and oxygen atoms in total. The van der Waals surface area contributed by atoms with Crippen molar-refractivity contribution in [3.63, 3.8) is 0 Å². The second-order valence-corrected chi connectivity index (χ2v) is 7.56. The topological polar surface area (TPSA) is 88.3 Å². The van der Waals surface area contributed by atoms with Crippen molar-refractivity contribution in [2.75, 3.05) is 44.9 Å². The van der Waals surface area contributed by atoms with Crippen molar-refractivity contribution in [1.29, 1.82) is 0 Å². The van der Waals surface area contributed by atoms with E-state index >= 15 is 0 Å². The Balaban J connectivity index is 1.75. The van der Waals surface area contributed by atoms with Gasteiger partial charge in [0.1, 0.15) is 0 Å². The van der Waals surface area contributed by atoms with Crippen LogP contribution in [-0.4, -0.2) is 60.3 Å². The third-order valence-corrected chi connectivity index (χ3v) is 4.96. The summed E-state index contributed by atoms with van der Waals surface area (Å²) in [5.74, 6) is 0.759. The van der Waals surface area contributed by atoms with Gasteiger partial charge >= 0.3 is 6.03 Å². The van der Waals surface area contributed by atoms with Gasteiger partial charge in [0.25, 0.3) is 0 Å². The average molecular weight is 371 g/mol. The first-order valence-corrected chi connectivity index (χ1v) is 9.15.